The Bertz CT molecular complexity index is 442. The maximum atomic E-state index is 12.1. The molecule has 0 radical (unpaired) electrons. The van der Waals surface area contributed by atoms with Crippen molar-refractivity contribution in [3.63, 3.8) is 0 Å². The van der Waals surface area contributed by atoms with Gasteiger partial charge in [0.05, 0.1) is 18.3 Å². The molecule has 0 N–H and O–H groups in total. The molecule has 2 rings (SSSR count). The molecule has 19 heavy (non-hydrogen) atoms. The van der Waals surface area contributed by atoms with E-state index in [4.69, 9.17) is 9.47 Å². The van der Waals surface area contributed by atoms with Gasteiger partial charge in [-0.3, -0.25) is 4.79 Å². The Morgan fingerprint density at radius 2 is 2.00 bits per heavy atom. The van der Waals surface area contributed by atoms with Crippen molar-refractivity contribution in [1.82, 2.24) is 0 Å². The zero-order valence-corrected chi connectivity index (χ0v) is 12.9. The summed E-state index contributed by atoms with van der Waals surface area (Å²) in [5, 5.41) is 0. The smallest absolute Gasteiger partial charge is 0.189 e. The molecular weight excluding hydrogens is 260 g/mol. The number of aryl methyl sites for hydroxylation is 2. The molecule has 106 valence electrons. The molecule has 1 aromatic heterocycles. The fraction of sp³-hybridized carbons (Fsp3) is 0.667. The summed E-state index contributed by atoms with van der Waals surface area (Å²) >= 11 is 1.66. The van der Waals surface area contributed by atoms with Crippen molar-refractivity contribution in [3.8, 4) is 0 Å². The number of ketones is 1. The summed E-state index contributed by atoms with van der Waals surface area (Å²) in [5.41, 5.74) is 0.815. The largest absolute Gasteiger partial charge is 0.375 e. The van der Waals surface area contributed by atoms with Gasteiger partial charge in [-0.05, 0) is 46.6 Å². The second-order valence-electron chi connectivity index (χ2n) is 5.41. The average Bonchev–Trinajstić information content (AvgIpc) is 2.64. The molecule has 2 heterocycles. The van der Waals surface area contributed by atoms with E-state index < -0.39 is 0 Å². The number of Topliss-reactive ketones (excluding diaryl/α,β-unsaturated/α-hetero) is 1. The minimum Gasteiger partial charge on any atom is -0.375 e. The number of carbonyl (C=O) groups is 1. The minimum absolute atomic E-state index is 0.0913. The summed E-state index contributed by atoms with van der Waals surface area (Å²) in [6.45, 7) is 8.31. The Labute approximate surface area is 118 Å². The summed E-state index contributed by atoms with van der Waals surface area (Å²) < 4.78 is 11.4. The summed E-state index contributed by atoms with van der Waals surface area (Å²) in [5.74, 6) is 0.0913. The van der Waals surface area contributed by atoms with Crippen LogP contribution in [-0.2, 0) is 9.47 Å². The Morgan fingerprint density at radius 3 is 2.53 bits per heavy atom. The third-order valence-corrected chi connectivity index (χ3v) is 4.41. The van der Waals surface area contributed by atoms with Gasteiger partial charge in [-0.1, -0.05) is 0 Å². The van der Waals surface area contributed by atoms with E-state index in [9.17, 15) is 4.79 Å². The van der Waals surface area contributed by atoms with Crippen LogP contribution in [0.5, 0.6) is 0 Å². The van der Waals surface area contributed by atoms with Gasteiger partial charge in [0.1, 0.15) is 6.61 Å². The highest BCUT2D eigenvalue weighted by atomic mass is 32.1. The van der Waals surface area contributed by atoms with Gasteiger partial charge in [0.2, 0.25) is 0 Å². The Hall–Kier alpha value is -0.710. The predicted molar refractivity (Wildman–Crippen MR) is 77.1 cm³/mol. The molecule has 1 aliphatic rings. The molecule has 0 spiro atoms. The van der Waals surface area contributed by atoms with Gasteiger partial charge in [-0.25, -0.2) is 0 Å². The summed E-state index contributed by atoms with van der Waals surface area (Å²) in [6, 6.07) is 1.96. The number of ether oxygens (including phenoxy) is 2. The van der Waals surface area contributed by atoms with Crippen molar-refractivity contribution >= 4 is 17.1 Å². The van der Waals surface area contributed by atoms with Crippen molar-refractivity contribution in [2.24, 2.45) is 0 Å². The fourth-order valence-corrected chi connectivity index (χ4v) is 3.60. The molecule has 2 unspecified atom stereocenters. The van der Waals surface area contributed by atoms with Crippen LogP contribution >= 0.6 is 11.3 Å². The van der Waals surface area contributed by atoms with Crippen molar-refractivity contribution in [1.29, 1.82) is 0 Å². The maximum absolute atomic E-state index is 12.1. The van der Waals surface area contributed by atoms with Gasteiger partial charge in [-0.15, -0.1) is 11.3 Å². The van der Waals surface area contributed by atoms with Crippen LogP contribution in [-0.4, -0.2) is 30.7 Å². The van der Waals surface area contributed by atoms with E-state index >= 15 is 0 Å². The van der Waals surface area contributed by atoms with Gasteiger partial charge in [0, 0.05) is 15.3 Å². The number of carbonyl (C=O) groups excluding carboxylic acids is 1. The van der Waals surface area contributed by atoms with E-state index in [2.05, 4.69) is 13.8 Å². The second kappa shape index (κ2) is 6.16. The van der Waals surface area contributed by atoms with Crippen LogP contribution in [0.3, 0.4) is 0 Å². The number of hydrogen-bond donors (Lipinski definition) is 0. The first-order valence-corrected chi connectivity index (χ1v) is 7.64. The summed E-state index contributed by atoms with van der Waals surface area (Å²) in [4.78, 5) is 14.4. The molecule has 1 aliphatic heterocycles. The van der Waals surface area contributed by atoms with Crippen LogP contribution in [0.2, 0.25) is 0 Å². The van der Waals surface area contributed by atoms with E-state index in [0.29, 0.717) is 0 Å². The SMILES string of the molecule is Cc1cc(C(=O)COC2CC(C)OC(C)C2)c(C)s1. The van der Waals surface area contributed by atoms with E-state index in [1.807, 2.05) is 19.9 Å². The fourth-order valence-electron chi connectivity index (χ4n) is 2.66. The zero-order chi connectivity index (χ0) is 14.0. The third-order valence-electron chi connectivity index (χ3n) is 3.45. The first-order valence-electron chi connectivity index (χ1n) is 6.83. The van der Waals surface area contributed by atoms with Crippen LogP contribution in [0.15, 0.2) is 6.07 Å². The number of rotatable bonds is 4. The summed E-state index contributed by atoms with van der Waals surface area (Å²) in [7, 11) is 0. The molecule has 1 saturated heterocycles. The standard InChI is InChI=1S/C15H22O3S/c1-9-5-13(6-10(2)18-9)17-8-15(16)14-7-11(3)19-12(14)4/h7,9-10,13H,5-6,8H2,1-4H3. The van der Waals surface area contributed by atoms with E-state index in [-0.39, 0.29) is 30.7 Å². The average molecular weight is 282 g/mol. The van der Waals surface area contributed by atoms with E-state index in [1.165, 1.54) is 4.88 Å². The highest BCUT2D eigenvalue weighted by Gasteiger charge is 2.25. The van der Waals surface area contributed by atoms with Crippen LogP contribution < -0.4 is 0 Å². The zero-order valence-electron chi connectivity index (χ0n) is 12.1. The van der Waals surface area contributed by atoms with Gasteiger partial charge in [-0.2, -0.15) is 0 Å². The lowest BCUT2D eigenvalue weighted by Crippen LogP contribution is -2.35. The number of hydrogen-bond acceptors (Lipinski definition) is 4. The quantitative estimate of drug-likeness (QED) is 0.793. The monoisotopic (exact) mass is 282 g/mol. The molecule has 0 saturated carbocycles. The minimum atomic E-state index is 0.0913. The first-order chi connectivity index (χ1) is 8.95. The molecule has 1 aromatic rings. The van der Waals surface area contributed by atoms with Gasteiger partial charge in [0.25, 0.3) is 0 Å². The Balaban J connectivity index is 1.88. The van der Waals surface area contributed by atoms with E-state index in [0.717, 1.165) is 23.3 Å². The highest BCUT2D eigenvalue weighted by molar-refractivity contribution is 7.12. The predicted octanol–water partition coefficient (Wildman–Crippen LogP) is 3.52. The first kappa shape index (κ1) is 14.7. The second-order valence-corrected chi connectivity index (χ2v) is 6.87. The maximum Gasteiger partial charge on any atom is 0.189 e. The molecule has 0 aromatic carbocycles. The van der Waals surface area contributed by atoms with E-state index in [1.54, 1.807) is 11.3 Å². The highest BCUT2D eigenvalue weighted by Crippen LogP contribution is 2.23. The topological polar surface area (TPSA) is 35.5 Å². The molecule has 4 heteroatoms. The molecular formula is C15H22O3S. The van der Waals surface area contributed by atoms with Crippen molar-refractivity contribution in [2.75, 3.05) is 6.61 Å². The lowest BCUT2D eigenvalue weighted by molar-refractivity contribution is -0.0975. The summed E-state index contributed by atoms with van der Waals surface area (Å²) in [6.07, 6.45) is 2.32. The number of thiophene rings is 1. The van der Waals surface area contributed by atoms with Gasteiger partial charge in [0.15, 0.2) is 5.78 Å². The molecule has 3 nitrogen and oxygen atoms in total. The molecule has 0 amide bonds. The lowest BCUT2D eigenvalue weighted by atomic mass is 10.0. The molecule has 1 fully saturated rings. The van der Waals surface area contributed by atoms with Gasteiger partial charge >= 0.3 is 0 Å². The normalized spacial score (nSPS) is 27.5. The van der Waals surface area contributed by atoms with Gasteiger partial charge < -0.3 is 9.47 Å². The van der Waals surface area contributed by atoms with Crippen LogP contribution in [0, 0.1) is 13.8 Å². The van der Waals surface area contributed by atoms with Crippen LogP contribution in [0.25, 0.3) is 0 Å². The molecule has 0 bridgehead atoms. The van der Waals surface area contributed by atoms with Crippen molar-refractivity contribution < 1.29 is 14.3 Å². The van der Waals surface area contributed by atoms with Crippen molar-refractivity contribution in [2.45, 2.75) is 58.8 Å². The van der Waals surface area contributed by atoms with Crippen LogP contribution in [0.1, 0.15) is 46.8 Å². The Morgan fingerprint density at radius 1 is 1.37 bits per heavy atom. The molecule has 2 atom stereocenters. The Kier molecular flexibility index (Phi) is 4.76. The van der Waals surface area contributed by atoms with Crippen molar-refractivity contribution in [3.05, 3.63) is 21.4 Å². The molecule has 0 aliphatic carbocycles. The lowest BCUT2D eigenvalue weighted by Gasteiger charge is -2.31. The van der Waals surface area contributed by atoms with Crippen LogP contribution in [0.4, 0.5) is 0 Å². The third kappa shape index (κ3) is 3.88.